The molecule has 2 aromatic rings. The molecule has 3 aliphatic heterocycles. The van der Waals surface area contributed by atoms with Crippen LogP contribution in [0.1, 0.15) is 80.5 Å². The standard InChI is InChI=1S/C30H38N4O5/c1-6-30(4)15-25(35)34(28(31)33-30)26-19(16-37-5)17-38-23-12-11-18(13-21(23)26)27(36)32-22-14-29(2,3)39-24-10-8-7-9-20(22)24/h7-13,19,22,26H,6,14-17H2,1-5H3,(H2,31,33)(H,32,36)/t19-,22-,26+,30+/m0/s1. The second kappa shape index (κ2) is 10.2. The van der Waals surface area contributed by atoms with Crippen molar-refractivity contribution < 1.29 is 23.8 Å². The maximum atomic E-state index is 13.6. The summed E-state index contributed by atoms with van der Waals surface area (Å²) < 4.78 is 17.7. The van der Waals surface area contributed by atoms with E-state index < -0.39 is 17.2 Å². The summed E-state index contributed by atoms with van der Waals surface area (Å²) >= 11 is 0. The fourth-order valence-electron chi connectivity index (χ4n) is 5.91. The number of amides is 2. The van der Waals surface area contributed by atoms with E-state index in [0.717, 1.165) is 17.7 Å². The summed E-state index contributed by atoms with van der Waals surface area (Å²) in [7, 11) is 1.61. The molecule has 0 unspecified atom stereocenters. The molecule has 9 nitrogen and oxygen atoms in total. The summed E-state index contributed by atoms with van der Waals surface area (Å²) in [4.78, 5) is 28.6. The lowest BCUT2D eigenvalue weighted by Crippen LogP contribution is -2.62. The van der Waals surface area contributed by atoms with Crippen molar-refractivity contribution in [1.29, 1.82) is 5.41 Å². The van der Waals surface area contributed by atoms with E-state index in [1.165, 1.54) is 4.90 Å². The van der Waals surface area contributed by atoms with Crippen LogP contribution in [0, 0.1) is 11.3 Å². The van der Waals surface area contributed by atoms with Crippen LogP contribution in [0.15, 0.2) is 42.5 Å². The quantitative estimate of drug-likeness (QED) is 0.508. The number of fused-ring (bicyclic) bond motifs is 2. The fourth-order valence-corrected chi connectivity index (χ4v) is 5.91. The molecule has 1 fully saturated rings. The van der Waals surface area contributed by atoms with Crippen molar-refractivity contribution in [3.63, 3.8) is 0 Å². The Morgan fingerprint density at radius 2 is 1.95 bits per heavy atom. The third kappa shape index (κ3) is 5.20. The van der Waals surface area contributed by atoms with Crippen molar-refractivity contribution in [2.75, 3.05) is 20.3 Å². The van der Waals surface area contributed by atoms with Crippen molar-refractivity contribution in [2.45, 2.75) is 70.2 Å². The molecule has 0 radical (unpaired) electrons. The highest BCUT2D eigenvalue weighted by Gasteiger charge is 2.45. The molecule has 2 amide bonds. The van der Waals surface area contributed by atoms with Gasteiger partial charge in [0.05, 0.1) is 31.7 Å². The number of para-hydroxylation sites is 1. The lowest BCUT2D eigenvalue weighted by atomic mass is 9.85. The van der Waals surface area contributed by atoms with Crippen LogP contribution in [-0.4, -0.2) is 54.1 Å². The van der Waals surface area contributed by atoms with Crippen molar-refractivity contribution in [3.8, 4) is 11.5 Å². The van der Waals surface area contributed by atoms with Gasteiger partial charge < -0.3 is 24.8 Å². The van der Waals surface area contributed by atoms with E-state index in [4.69, 9.17) is 19.6 Å². The molecular weight excluding hydrogens is 496 g/mol. The predicted octanol–water partition coefficient (Wildman–Crippen LogP) is 4.34. The fraction of sp³-hybridized carbons (Fsp3) is 0.500. The number of rotatable bonds is 6. The van der Waals surface area contributed by atoms with Crippen LogP contribution >= 0.6 is 0 Å². The Morgan fingerprint density at radius 3 is 2.67 bits per heavy atom. The Kier molecular flexibility index (Phi) is 7.05. The molecule has 9 heteroatoms. The molecule has 0 spiro atoms. The molecule has 0 bridgehead atoms. The molecule has 0 aliphatic carbocycles. The molecule has 3 aliphatic rings. The molecule has 3 N–H and O–H groups in total. The van der Waals surface area contributed by atoms with Crippen molar-refractivity contribution in [2.24, 2.45) is 5.92 Å². The predicted molar refractivity (Wildman–Crippen MR) is 147 cm³/mol. The van der Waals surface area contributed by atoms with Gasteiger partial charge in [-0.05, 0) is 51.5 Å². The van der Waals surface area contributed by atoms with Crippen molar-refractivity contribution in [1.82, 2.24) is 15.5 Å². The first-order chi connectivity index (χ1) is 18.5. The Bertz CT molecular complexity index is 1270. The number of benzene rings is 2. The van der Waals surface area contributed by atoms with Crippen LogP contribution in [0.5, 0.6) is 11.5 Å². The van der Waals surface area contributed by atoms with Gasteiger partial charge >= 0.3 is 0 Å². The Balaban J connectivity index is 1.47. The first kappa shape index (κ1) is 27.0. The molecule has 0 aromatic heterocycles. The minimum Gasteiger partial charge on any atom is -0.493 e. The molecule has 5 rings (SSSR count). The van der Waals surface area contributed by atoms with Crippen molar-refractivity contribution in [3.05, 3.63) is 59.2 Å². The number of ether oxygens (including phenoxy) is 3. The third-order valence-corrected chi connectivity index (χ3v) is 8.08. The normalized spacial score (nSPS) is 27.4. The van der Waals surface area contributed by atoms with Gasteiger partial charge in [-0.3, -0.25) is 19.9 Å². The van der Waals surface area contributed by atoms with E-state index in [2.05, 4.69) is 10.6 Å². The highest BCUT2D eigenvalue weighted by molar-refractivity contribution is 6.00. The van der Waals surface area contributed by atoms with E-state index in [-0.39, 0.29) is 36.2 Å². The van der Waals surface area contributed by atoms with Gasteiger partial charge in [-0.15, -0.1) is 0 Å². The Labute approximate surface area is 229 Å². The molecule has 4 atom stereocenters. The first-order valence-electron chi connectivity index (χ1n) is 13.6. The third-order valence-electron chi connectivity index (χ3n) is 8.08. The summed E-state index contributed by atoms with van der Waals surface area (Å²) in [5, 5.41) is 15.2. The van der Waals surface area contributed by atoms with Crippen LogP contribution in [-0.2, 0) is 9.53 Å². The minimum absolute atomic E-state index is 0.0606. The molecule has 208 valence electrons. The average molecular weight is 535 g/mol. The van der Waals surface area contributed by atoms with Crippen LogP contribution < -0.4 is 20.1 Å². The number of carbonyl (C=O) groups is 2. The zero-order valence-electron chi connectivity index (χ0n) is 23.3. The SMILES string of the molecule is CC[C@]1(C)CC(=O)N([C@H]2c3cc(C(=O)N[C@H]4CC(C)(C)Oc5ccccc54)ccc3OC[C@@H]2COC)C(=N)N1. The molecular formula is C30H38N4O5. The summed E-state index contributed by atoms with van der Waals surface area (Å²) in [5.74, 6) is 0.879. The number of guanidine groups is 1. The van der Waals surface area contributed by atoms with Gasteiger partial charge in [0.1, 0.15) is 17.1 Å². The average Bonchev–Trinajstić information content (AvgIpc) is 2.88. The van der Waals surface area contributed by atoms with Gasteiger partial charge in [0.2, 0.25) is 5.91 Å². The van der Waals surface area contributed by atoms with E-state index in [9.17, 15) is 9.59 Å². The maximum Gasteiger partial charge on any atom is 0.251 e. The van der Waals surface area contributed by atoms with E-state index in [1.54, 1.807) is 25.3 Å². The minimum atomic E-state index is -0.502. The molecule has 3 heterocycles. The smallest absolute Gasteiger partial charge is 0.251 e. The van der Waals surface area contributed by atoms with Gasteiger partial charge in [0.25, 0.3) is 5.91 Å². The highest BCUT2D eigenvalue weighted by atomic mass is 16.5. The Hall–Kier alpha value is -3.59. The van der Waals surface area contributed by atoms with Gasteiger partial charge in [-0.1, -0.05) is 25.1 Å². The molecule has 2 aromatic carbocycles. The van der Waals surface area contributed by atoms with Crippen molar-refractivity contribution >= 4 is 17.8 Å². The van der Waals surface area contributed by atoms with Crippen LogP contribution in [0.2, 0.25) is 0 Å². The molecule has 0 saturated carbocycles. The largest absolute Gasteiger partial charge is 0.493 e. The maximum absolute atomic E-state index is 13.6. The zero-order chi connectivity index (χ0) is 27.9. The van der Waals surface area contributed by atoms with Gasteiger partial charge in [0.15, 0.2) is 5.96 Å². The zero-order valence-corrected chi connectivity index (χ0v) is 23.3. The topological polar surface area (TPSA) is 113 Å². The molecule has 39 heavy (non-hydrogen) atoms. The van der Waals surface area contributed by atoms with Gasteiger partial charge in [-0.25, -0.2) is 0 Å². The second-order valence-electron chi connectivity index (χ2n) is 11.7. The van der Waals surface area contributed by atoms with Crippen LogP contribution in [0.3, 0.4) is 0 Å². The summed E-state index contributed by atoms with van der Waals surface area (Å²) in [6.45, 7) is 8.68. The van der Waals surface area contributed by atoms with Crippen LogP contribution in [0.4, 0.5) is 0 Å². The van der Waals surface area contributed by atoms with E-state index >= 15 is 0 Å². The monoisotopic (exact) mass is 534 g/mol. The summed E-state index contributed by atoms with van der Waals surface area (Å²) in [6.07, 6.45) is 1.62. The van der Waals surface area contributed by atoms with Crippen LogP contribution in [0.25, 0.3) is 0 Å². The number of hydrogen-bond donors (Lipinski definition) is 3. The number of nitrogens with one attached hydrogen (secondary N) is 3. The highest BCUT2D eigenvalue weighted by Crippen LogP contribution is 2.43. The Morgan fingerprint density at radius 1 is 1.18 bits per heavy atom. The summed E-state index contributed by atoms with van der Waals surface area (Å²) in [6, 6.07) is 12.4. The van der Waals surface area contributed by atoms with E-state index in [0.29, 0.717) is 36.5 Å². The van der Waals surface area contributed by atoms with E-state index in [1.807, 2.05) is 52.0 Å². The first-order valence-corrected chi connectivity index (χ1v) is 13.6. The lowest BCUT2D eigenvalue weighted by Gasteiger charge is -2.46. The number of methoxy groups -OCH3 is 1. The number of hydrogen-bond acceptors (Lipinski definition) is 6. The number of nitrogens with zero attached hydrogens (tertiary/aromatic N) is 1. The summed E-state index contributed by atoms with van der Waals surface area (Å²) in [5.41, 5.74) is 1.21. The second-order valence-corrected chi connectivity index (χ2v) is 11.7. The van der Waals surface area contributed by atoms with Gasteiger partial charge in [0, 0.05) is 41.7 Å². The lowest BCUT2D eigenvalue weighted by molar-refractivity contribution is -0.134. The van der Waals surface area contributed by atoms with Gasteiger partial charge in [-0.2, -0.15) is 0 Å². The number of carbonyl (C=O) groups excluding carboxylic acids is 2. The molecule has 1 saturated heterocycles.